The SMILES string of the molecule is COc1ncc(SNC(=O)Nc2c3c(cc4c2CCC4)CCC3)cn1. The van der Waals surface area contributed by atoms with Gasteiger partial charge in [0.25, 0.3) is 0 Å². The van der Waals surface area contributed by atoms with Gasteiger partial charge in [0.2, 0.25) is 0 Å². The Morgan fingerprint density at radius 3 is 2.32 bits per heavy atom. The number of aromatic nitrogens is 2. The van der Waals surface area contributed by atoms with Crippen LogP contribution in [-0.2, 0) is 25.7 Å². The molecule has 0 bridgehead atoms. The second-order valence-corrected chi connectivity index (χ2v) is 7.18. The number of amides is 2. The van der Waals surface area contributed by atoms with Crippen LogP contribution < -0.4 is 14.8 Å². The summed E-state index contributed by atoms with van der Waals surface area (Å²) in [6.45, 7) is 0. The summed E-state index contributed by atoms with van der Waals surface area (Å²) in [6.07, 6.45) is 9.94. The Hall–Kier alpha value is -2.28. The Kier molecular flexibility index (Phi) is 4.48. The number of nitrogens with one attached hydrogen (secondary N) is 2. The van der Waals surface area contributed by atoms with E-state index in [-0.39, 0.29) is 6.03 Å². The van der Waals surface area contributed by atoms with Gasteiger partial charge in [0.15, 0.2) is 0 Å². The number of benzene rings is 1. The number of aryl methyl sites for hydroxylation is 2. The molecule has 2 aromatic rings. The Balaban J connectivity index is 1.46. The van der Waals surface area contributed by atoms with Crippen LogP contribution in [0, 0.1) is 0 Å². The van der Waals surface area contributed by atoms with Gasteiger partial charge in [-0.25, -0.2) is 14.8 Å². The molecule has 2 aliphatic rings. The average Bonchev–Trinajstić information content (AvgIpc) is 3.29. The van der Waals surface area contributed by atoms with Gasteiger partial charge in [-0.05, 0) is 72.7 Å². The number of urea groups is 1. The lowest BCUT2D eigenvalue weighted by Crippen LogP contribution is -2.24. The third kappa shape index (κ3) is 3.28. The normalized spacial score (nSPS) is 14.8. The Bertz CT molecular complexity index is 775. The highest BCUT2D eigenvalue weighted by Gasteiger charge is 2.24. The summed E-state index contributed by atoms with van der Waals surface area (Å²) in [5, 5.41) is 3.10. The first-order valence-electron chi connectivity index (χ1n) is 8.51. The second kappa shape index (κ2) is 6.92. The van der Waals surface area contributed by atoms with Crippen LogP contribution in [0.5, 0.6) is 6.01 Å². The van der Waals surface area contributed by atoms with Gasteiger partial charge in [0.05, 0.1) is 12.0 Å². The van der Waals surface area contributed by atoms with Gasteiger partial charge in [-0.15, -0.1) is 0 Å². The number of hydrogen-bond donors (Lipinski definition) is 2. The minimum Gasteiger partial charge on any atom is -0.467 e. The maximum Gasteiger partial charge on any atom is 0.329 e. The Morgan fingerprint density at radius 1 is 1.08 bits per heavy atom. The lowest BCUT2D eigenvalue weighted by Gasteiger charge is -2.16. The summed E-state index contributed by atoms with van der Waals surface area (Å²) >= 11 is 1.19. The summed E-state index contributed by atoms with van der Waals surface area (Å²) in [7, 11) is 1.52. The molecule has 0 aliphatic heterocycles. The van der Waals surface area contributed by atoms with Crippen LogP contribution >= 0.6 is 11.9 Å². The fourth-order valence-corrected chi connectivity index (χ4v) is 4.15. The fourth-order valence-electron chi connectivity index (χ4n) is 3.67. The molecule has 0 unspecified atom stereocenters. The molecule has 25 heavy (non-hydrogen) atoms. The largest absolute Gasteiger partial charge is 0.467 e. The van der Waals surface area contributed by atoms with Crippen molar-refractivity contribution < 1.29 is 9.53 Å². The van der Waals surface area contributed by atoms with E-state index in [1.807, 2.05) is 0 Å². The minimum atomic E-state index is -0.213. The third-order valence-electron chi connectivity index (χ3n) is 4.76. The lowest BCUT2D eigenvalue weighted by atomic mass is 9.99. The molecule has 6 nitrogen and oxygen atoms in total. The smallest absolute Gasteiger partial charge is 0.329 e. The highest BCUT2D eigenvalue weighted by molar-refractivity contribution is 7.98. The van der Waals surface area contributed by atoms with E-state index in [4.69, 9.17) is 4.74 Å². The van der Waals surface area contributed by atoms with Gasteiger partial charge >= 0.3 is 12.0 Å². The van der Waals surface area contributed by atoms with Crippen LogP contribution in [0.25, 0.3) is 0 Å². The molecular weight excluding hydrogens is 336 g/mol. The van der Waals surface area contributed by atoms with E-state index in [0.717, 1.165) is 36.3 Å². The number of methoxy groups -OCH3 is 1. The van der Waals surface area contributed by atoms with Gasteiger partial charge in [0.1, 0.15) is 0 Å². The van der Waals surface area contributed by atoms with Crippen molar-refractivity contribution in [1.82, 2.24) is 14.7 Å². The first-order chi connectivity index (χ1) is 12.2. The van der Waals surface area contributed by atoms with Gasteiger partial charge in [-0.3, -0.25) is 4.72 Å². The zero-order valence-electron chi connectivity index (χ0n) is 14.1. The molecule has 0 atom stereocenters. The highest BCUT2D eigenvalue weighted by atomic mass is 32.2. The van der Waals surface area contributed by atoms with Crippen LogP contribution in [0.3, 0.4) is 0 Å². The van der Waals surface area contributed by atoms with Crippen molar-refractivity contribution in [3.8, 4) is 6.01 Å². The van der Waals surface area contributed by atoms with Crippen LogP contribution in [0.15, 0.2) is 23.4 Å². The van der Waals surface area contributed by atoms with Crippen LogP contribution in [0.2, 0.25) is 0 Å². The molecule has 7 heteroatoms. The monoisotopic (exact) mass is 356 g/mol. The van der Waals surface area contributed by atoms with E-state index in [1.54, 1.807) is 12.4 Å². The molecule has 0 radical (unpaired) electrons. The number of rotatable bonds is 4. The third-order valence-corrected chi connectivity index (χ3v) is 5.49. The number of nitrogens with zero attached hydrogens (tertiary/aromatic N) is 2. The van der Waals surface area contributed by atoms with E-state index in [9.17, 15) is 4.79 Å². The standard InChI is InChI=1S/C18H20N4O2S/c1-24-18-19-9-13(10-20-18)25-22-17(23)21-16-14-6-2-4-11(14)8-12-5-3-7-15(12)16/h8-10H,2-7H2,1H3,(H2,21,22,23). The molecule has 0 saturated heterocycles. The van der Waals surface area contributed by atoms with E-state index < -0.39 is 0 Å². The van der Waals surface area contributed by atoms with Crippen molar-refractivity contribution in [2.24, 2.45) is 0 Å². The van der Waals surface area contributed by atoms with Gasteiger partial charge in [-0.1, -0.05) is 6.07 Å². The number of ether oxygens (including phenoxy) is 1. The zero-order valence-corrected chi connectivity index (χ0v) is 14.9. The molecule has 1 aromatic carbocycles. The Morgan fingerprint density at radius 2 is 1.72 bits per heavy atom. The molecule has 130 valence electrons. The summed E-state index contributed by atoms with van der Waals surface area (Å²) in [5.74, 6) is 0. The van der Waals surface area contributed by atoms with E-state index in [2.05, 4.69) is 26.1 Å². The molecule has 4 rings (SSSR count). The fraction of sp³-hybridized carbons (Fsp3) is 0.389. The molecular formula is C18H20N4O2S. The highest BCUT2D eigenvalue weighted by Crippen LogP contribution is 2.38. The zero-order chi connectivity index (χ0) is 17.2. The summed E-state index contributed by atoms with van der Waals surface area (Å²) in [4.78, 5) is 21.2. The molecule has 1 heterocycles. The molecule has 2 N–H and O–H groups in total. The average molecular weight is 356 g/mol. The van der Waals surface area contributed by atoms with E-state index >= 15 is 0 Å². The van der Waals surface area contributed by atoms with Gasteiger partial charge in [-0.2, -0.15) is 0 Å². The number of carbonyl (C=O) groups excluding carboxylic acids is 1. The maximum atomic E-state index is 12.4. The van der Waals surface area contributed by atoms with E-state index in [1.165, 1.54) is 54.2 Å². The van der Waals surface area contributed by atoms with Crippen molar-refractivity contribution >= 4 is 23.7 Å². The minimum absolute atomic E-state index is 0.213. The van der Waals surface area contributed by atoms with Crippen molar-refractivity contribution in [2.45, 2.75) is 43.4 Å². The number of fused-ring (bicyclic) bond motifs is 2. The topological polar surface area (TPSA) is 76.1 Å². The molecule has 0 saturated carbocycles. The lowest BCUT2D eigenvalue weighted by molar-refractivity contribution is 0.257. The van der Waals surface area contributed by atoms with Crippen LogP contribution in [0.4, 0.5) is 10.5 Å². The Labute approximate surface area is 150 Å². The van der Waals surface area contributed by atoms with Gasteiger partial charge in [0, 0.05) is 18.1 Å². The number of carbonyl (C=O) groups is 1. The molecule has 2 aliphatic carbocycles. The van der Waals surface area contributed by atoms with Crippen LogP contribution in [-0.4, -0.2) is 23.1 Å². The molecule has 1 aromatic heterocycles. The van der Waals surface area contributed by atoms with Crippen molar-refractivity contribution in [1.29, 1.82) is 0 Å². The summed E-state index contributed by atoms with van der Waals surface area (Å²) in [5.41, 5.74) is 6.52. The first-order valence-corrected chi connectivity index (χ1v) is 9.32. The van der Waals surface area contributed by atoms with E-state index in [0.29, 0.717) is 6.01 Å². The quantitative estimate of drug-likeness (QED) is 0.822. The second-order valence-electron chi connectivity index (χ2n) is 6.30. The number of anilines is 1. The van der Waals surface area contributed by atoms with Crippen molar-refractivity contribution in [3.05, 3.63) is 40.7 Å². The molecule has 0 fully saturated rings. The first kappa shape index (κ1) is 16.2. The van der Waals surface area contributed by atoms with Crippen molar-refractivity contribution in [3.63, 3.8) is 0 Å². The predicted molar refractivity (Wildman–Crippen MR) is 97.1 cm³/mol. The summed E-state index contributed by atoms with van der Waals surface area (Å²) < 4.78 is 7.74. The molecule has 0 spiro atoms. The van der Waals surface area contributed by atoms with Gasteiger partial charge < -0.3 is 10.1 Å². The van der Waals surface area contributed by atoms with Crippen molar-refractivity contribution in [2.75, 3.05) is 12.4 Å². The predicted octanol–water partition coefficient (Wildman–Crippen LogP) is 3.29. The summed E-state index contributed by atoms with van der Waals surface area (Å²) in [6, 6.07) is 2.46. The van der Waals surface area contributed by atoms with Crippen LogP contribution in [0.1, 0.15) is 35.1 Å². The molecule has 2 amide bonds. The maximum absolute atomic E-state index is 12.4. The number of hydrogen-bond acceptors (Lipinski definition) is 5.